The maximum Gasteiger partial charge on any atom is 0.419 e. The lowest BCUT2D eigenvalue weighted by Crippen LogP contribution is -2.24. The average Bonchev–Trinajstić information content (AvgIpc) is 2.38. The summed E-state index contributed by atoms with van der Waals surface area (Å²) in [5.74, 6) is -1.18. The molecule has 1 unspecified atom stereocenters. The summed E-state index contributed by atoms with van der Waals surface area (Å²) in [7, 11) is 0. The van der Waals surface area contributed by atoms with Crippen molar-refractivity contribution >= 4 is 0 Å². The maximum absolute atomic E-state index is 14.1. The Morgan fingerprint density at radius 2 is 2.05 bits per heavy atom. The molecule has 0 aliphatic rings. The fraction of sp³-hybridized carbons (Fsp3) is 0.467. The minimum atomic E-state index is -4.67. The number of alkyl halides is 3. The van der Waals surface area contributed by atoms with E-state index in [0.717, 1.165) is 12.5 Å². The third kappa shape index (κ3) is 4.34. The fourth-order valence-electron chi connectivity index (χ4n) is 2.01. The van der Waals surface area contributed by atoms with Crippen molar-refractivity contribution in [2.24, 2.45) is 0 Å². The van der Waals surface area contributed by atoms with Gasteiger partial charge in [0, 0.05) is 11.6 Å². The van der Waals surface area contributed by atoms with Gasteiger partial charge in [-0.25, -0.2) is 4.39 Å². The first-order valence-corrected chi connectivity index (χ1v) is 6.61. The summed E-state index contributed by atoms with van der Waals surface area (Å²) in [5.41, 5.74) is -1.15. The number of benzene rings is 1. The van der Waals surface area contributed by atoms with Crippen LogP contribution in [0.2, 0.25) is 0 Å². The van der Waals surface area contributed by atoms with Crippen LogP contribution in [-0.2, 0) is 6.18 Å². The molecule has 1 N–H and O–H groups in total. The van der Waals surface area contributed by atoms with E-state index in [9.17, 15) is 17.6 Å². The predicted octanol–water partition coefficient (Wildman–Crippen LogP) is 4.85. The van der Waals surface area contributed by atoms with Gasteiger partial charge in [0.2, 0.25) is 0 Å². The molecule has 0 saturated carbocycles. The van der Waals surface area contributed by atoms with Gasteiger partial charge in [-0.1, -0.05) is 25.1 Å². The second-order valence-electron chi connectivity index (χ2n) is 4.58. The Hall–Kier alpha value is -1.36. The number of hydrogen-bond acceptors (Lipinski definition) is 1. The van der Waals surface area contributed by atoms with Crippen molar-refractivity contribution in [3.8, 4) is 0 Å². The lowest BCUT2D eigenvalue weighted by molar-refractivity contribution is -0.140. The number of nitrogens with one attached hydrogen (secondary N) is 1. The Kier molecular flexibility index (Phi) is 6.20. The van der Waals surface area contributed by atoms with Gasteiger partial charge in [-0.2, -0.15) is 13.2 Å². The zero-order valence-corrected chi connectivity index (χ0v) is 11.4. The summed E-state index contributed by atoms with van der Waals surface area (Å²) in [6, 6.07) is 2.98. The molecule has 0 amide bonds. The molecular weight excluding hydrogens is 270 g/mol. The maximum atomic E-state index is 14.1. The topological polar surface area (TPSA) is 12.0 Å². The molecule has 0 spiro atoms. The molecule has 1 aromatic carbocycles. The van der Waals surface area contributed by atoms with E-state index in [2.05, 4.69) is 11.9 Å². The minimum absolute atomic E-state index is 0.0649. The lowest BCUT2D eigenvalue weighted by Gasteiger charge is -2.20. The molecule has 5 heteroatoms. The van der Waals surface area contributed by atoms with Crippen LogP contribution < -0.4 is 5.32 Å². The van der Waals surface area contributed by atoms with Crippen molar-refractivity contribution < 1.29 is 17.6 Å². The van der Waals surface area contributed by atoms with Gasteiger partial charge in [-0.15, -0.1) is 6.58 Å². The number of hydrogen-bond donors (Lipinski definition) is 1. The van der Waals surface area contributed by atoms with Crippen LogP contribution in [0.4, 0.5) is 17.6 Å². The molecule has 0 saturated heterocycles. The highest BCUT2D eigenvalue weighted by molar-refractivity contribution is 5.30. The first-order chi connectivity index (χ1) is 9.41. The van der Waals surface area contributed by atoms with Crippen LogP contribution in [-0.4, -0.2) is 6.54 Å². The van der Waals surface area contributed by atoms with Gasteiger partial charge in [0.1, 0.15) is 5.82 Å². The summed E-state index contributed by atoms with van der Waals surface area (Å²) < 4.78 is 52.2. The Bertz CT molecular complexity index is 440. The Labute approximate surface area is 116 Å². The van der Waals surface area contributed by atoms with Gasteiger partial charge < -0.3 is 5.32 Å². The van der Waals surface area contributed by atoms with Gasteiger partial charge in [-0.3, -0.25) is 0 Å². The van der Waals surface area contributed by atoms with E-state index in [-0.39, 0.29) is 5.56 Å². The van der Waals surface area contributed by atoms with Crippen LogP contribution in [0.15, 0.2) is 30.9 Å². The lowest BCUT2D eigenvalue weighted by atomic mass is 9.98. The minimum Gasteiger partial charge on any atom is -0.310 e. The molecule has 1 aromatic rings. The van der Waals surface area contributed by atoms with Crippen LogP contribution in [0, 0.1) is 5.82 Å². The van der Waals surface area contributed by atoms with Crippen LogP contribution in [0.5, 0.6) is 0 Å². The van der Waals surface area contributed by atoms with E-state index >= 15 is 0 Å². The van der Waals surface area contributed by atoms with Gasteiger partial charge >= 0.3 is 6.18 Å². The summed E-state index contributed by atoms with van der Waals surface area (Å²) in [4.78, 5) is 0. The largest absolute Gasteiger partial charge is 0.419 e. The second kappa shape index (κ2) is 7.43. The van der Waals surface area contributed by atoms with Crippen LogP contribution >= 0.6 is 0 Å². The molecule has 20 heavy (non-hydrogen) atoms. The normalized spacial score (nSPS) is 13.2. The summed E-state index contributed by atoms with van der Waals surface area (Å²) in [5, 5.41) is 3.08. The highest BCUT2D eigenvalue weighted by Gasteiger charge is 2.35. The Morgan fingerprint density at radius 3 is 2.60 bits per heavy atom. The van der Waals surface area contributed by atoms with Gasteiger partial charge in [0.15, 0.2) is 0 Å². The predicted molar refractivity (Wildman–Crippen MR) is 71.9 cm³/mol. The highest BCUT2D eigenvalue weighted by Crippen LogP contribution is 2.34. The molecule has 1 nitrogen and oxygen atoms in total. The summed E-state index contributed by atoms with van der Waals surface area (Å²) >= 11 is 0. The Morgan fingerprint density at radius 1 is 1.35 bits per heavy atom. The van der Waals surface area contributed by atoms with Gasteiger partial charge in [0.25, 0.3) is 0 Å². The summed E-state index contributed by atoms with van der Waals surface area (Å²) in [6.45, 7) is 6.15. The average molecular weight is 289 g/mol. The molecule has 1 rings (SSSR count). The van der Waals surface area contributed by atoms with Crippen molar-refractivity contribution in [1.82, 2.24) is 5.32 Å². The molecule has 0 heterocycles. The van der Waals surface area contributed by atoms with E-state index in [1.54, 1.807) is 6.08 Å². The van der Waals surface area contributed by atoms with E-state index in [1.165, 1.54) is 12.1 Å². The number of allylic oxidation sites excluding steroid dienone is 1. The van der Waals surface area contributed by atoms with Crippen molar-refractivity contribution in [1.29, 1.82) is 0 Å². The highest BCUT2D eigenvalue weighted by atomic mass is 19.4. The van der Waals surface area contributed by atoms with E-state index < -0.39 is 23.6 Å². The molecule has 0 radical (unpaired) electrons. The summed E-state index contributed by atoms with van der Waals surface area (Å²) in [6.07, 6.45) is -1.05. The molecule has 0 bridgehead atoms. The first-order valence-electron chi connectivity index (χ1n) is 6.61. The monoisotopic (exact) mass is 289 g/mol. The van der Waals surface area contributed by atoms with E-state index in [0.29, 0.717) is 19.4 Å². The van der Waals surface area contributed by atoms with Crippen molar-refractivity contribution in [3.63, 3.8) is 0 Å². The van der Waals surface area contributed by atoms with E-state index in [4.69, 9.17) is 0 Å². The zero-order chi connectivity index (χ0) is 15.2. The van der Waals surface area contributed by atoms with Crippen LogP contribution in [0.25, 0.3) is 0 Å². The third-order valence-corrected chi connectivity index (χ3v) is 3.01. The second-order valence-corrected chi connectivity index (χ2v) is 4.58. The fourth-order valence-corrected chi connectivity index (χ4v) is 2.01. The quantitative estimate of drug-likeness (QED) is 0.559. The van der Waals surface area contributed by atoms with E-state index in [1.807, 2.05) is 6.92 Å². The van der Waals surface area contributed by atoms with Gasteiger partial charge in [0.05, 0.1) is 5.56 Å². The molecule has 0 fully saturated rings. The SMILES string of the molecule is C=CCCC(NCCC)c1cccc(C(F)(F)F)c1F. The van der Waals surface area contributed by atoms with Crippen molar-refractivity contribution in [3.05, 3.63) is 47.8 Å². The molecule has 1 atom stereocenters. The van der Waals surface area contributed by atoms with Crippen molar-refractivity contribution in [2.75, 3.05) is 6.54 Å². The molecule has 0 aromatic heterocycles. The molecule has 0 aliphatic heterocycles. The Balaban J connectivity index is 3.09. The van der Waals surface area contributed by atoms with Crippen LogP contribution in [0.1, 0.15) is 43.4 Å². The zero-order valence-electron chi connectivity index (χ0n) is 11.4. The first kappa shape index (κ1) is 16.7. The third-order valence-electron chi connectivity index (χ3n) is 3.01. The van der Waals surface area contributed by atoms with Crippen molar-refractivity contribution in [2.45, 2.75) is 38.4 Å². The molecule has 0 aliphatic carbocycles. The number of rotatable bonds is 7. The van der Waals surface area contributed by atoms with Gasteiger partial charge in [-0.05, 0) is 31.9 Å². The molecule has 112 valence electrons. The number of halogens is 4. The van der Waals surface area contributed by atoms with Crippen LogP contribution in [0.3, 0.4) is 0 Å². The molecular formula is C15H19F4N. The standard InChI is InChI=1S/C15H19F4N/c1-3-5-9-13(20-10-4-2)11-7-6-8-12(14(11)16)15(17,18)19/h3,6-8,13,20H,1,4-5,9-10H2,2H3. The smallest absolute Gasteiger partial charge is 0.310 e.